The molecule has 1 aliphatic rings. The molecule has 4 heterocycles. The molecule has 31 heavy (non-hydrogen) atoms. The number of hydrogen-bond donors (Lipinski definition) is 2. The summed E-state index contributed by atoms with van der Waals surface area (Å²) >= 11 is 0. The summed E-state index contributed by atoms with van der Waals surface area (Å²) in [6.45, 7) is 0. The highest BCUT2D eigenvalue weighted by Gasteiger charge is 2.23. The van der Waals surface area contributed by atoms with Gasteiger partial charge in [0.05, 0.1) is 24.2 Å². The second kappa shape index (κ2) is 7.92. The summed E-state index contributed by atoms with van der Waals surface area (Å²) in [5.41, 5.74) is 2.17. The van der Waals surface area contributed by atoms with Crippen LogP contribution >= 0.6 is 0 Å². The molecule has 1 amide bonds. The van der Waals surface area contributed by atoms with Gasteiger partial charge in [0.15, 0.2) is 5.65 Å². The van der Waals surface area contributed by atoms with Gasteiger partial charge in [-0.3, -0.25) is 9.78 Å². The molecule has 0 aromatic carbocycles. The van der Waals surface area contributed by atoms with Crippen LogP contribution in [0.5, 0.6) is 0 Å². The van der Waals surface area contributed by atoms with Crippen molar-refractivity contribution in [3.63, 3.8) is 0 Å². The minimum absolute atomic E-state index is 0.0329. The summed E-state index contributed by atoms with van der Waals surface area (Å²) in [4.78, 5) is 21.5. The van der Waals surface area contributed by atoms with E-state index in [0.717, 1.165) is 24.7 Å². The first-order valence-corrected chi connectivity index (χ1v) is 10.2. The molecule has 0 atom stereocenters. The van der Waals surface area contributed by atoms with E-state index in [-0.39, 0.29) is 18.1 Å². The van der Waals surface area contributed by atoms with Crippen molar-refractivity contribution >= 4 is 11.6 Å². The van der Waals surface area contributed by atoms with Gasteiger partial charge in [0, 0.05) is 30.2 Å². The van der Waals surface area contributed by atoms with Crippen LogP contribution < -0.4 is 5.32 Å². The summed E-state index contributed by atoms with van der Waals surface area (Å²) in [5.74, 6) is -0.0751. The number of aromatic nitrogens is 5. The highest BCUT2D eigenvalue weighted by atomic mass is 19.1. The fourth-order valence-corrected chi connectivity index (χ4v) is 4.00. The maximum Gasteiger partial charge on any atom is 0.256 e. The van der Waals surface area contributed by atoms with Crippen LogP contribution in [0.25, 0.3) is 22.7 Å². The first kappa shape index (κ1) is 19.4. The molecular weight excluding hydrogens is 399 g/mol. The lowest BCUT2D eigenvalue weighted by atomic mass is 9.93. The van der Waals surface area contributed by atoms with Crippen molar-refractivity contribution in [1.29, 1.82) is 0 Å². The molecule has 5 rings (SSSR count). The van der Waals surface area contributed by atoms with E-state index in [2.05, 4.69) is 20.4 Å². The van der Waals surface area contributed by atoms with Gasteiger partial charge in [0.1, 0.15) is 17.2 Å². The Morgan fingerprint density at radius 2 is 1.97 bits per heavy atom. The van der Waals surface area contributed by atoms with Crippen LogP contribution in [0.15, 0.2) is 55.2 Å². The number of aliphatic hydroxyl groups excluding tert-OH is 1. The number of fused-ring (bicyclic) bond motifs is 1. The van der Waals surface area contributed by atoms with Crippen LogP contribution in [0.1, 0.15) is 36.0 Å². The van der Waals surface area contributed by atoms with E-state index in [9.17, 15) is 14.3 Å². The highest BCUT2D eigenvalue weighted by molar-refractivity contribution is 5.99. The van der Waals surface area contributed by atoms with Gasteiger partial charge in [-0.25, -0.2) is 13.9 Å². The van der Waals surface area contributed by atoms with E-state index in [1.807, 2.05) is 22.9 Å². The average Bonchev–Trinajstić information content (AvgIpc) is 3.42. The lowest BCUT2D eigenvalue weighted by Crippen LogP contribution is -2.38. The van der Waals surface area contributed by atoms with Crippen LogP contribution in [0.4, 0.5) is 4.39 Å². The number of amides is 1. The quantitative estimate of drug-likeness (QED) is 0.529. The van der Waals surface area contributed by atoms with Gasteiger partial charge in [-0.05, 0) is 49.9 Å². The minimum Gasteiger partial charge on any atom is -0.393 e. The Labute approximate surface area is 177 Å². The molecule has 4 aromatic heterocycles. The third-order valence-corrected chi connectivity index (χ3v) is 5.63. The first-order chi connectivity index (χ1) is 15.1. The van der Waals surface area contributed by atoms with Crippen molar-refractivity contribution in [2.24, 2.45) is 0 Å². The number of hydrogen-bond acceptors (Lipinski definition) is 5. The Balaban J connectivity index is 1.46. The van der Waals surface area contributed by atoms with Gasteiger partial charge in [-0.2, -0.15) is 5.10 Å². The standard InChI is InChI=1S/C22H21FN6O2/c23-15-10-14(11-24-12-15)19-2-1-8-28(19)20-7-9-29-21(27-20)18(13-25-29)22(31)26-16-3-5-17(30)6-4-16/h1-2,7-13,16-17,30H,3-6H2,(H,26,31)/t16-,17+. The summed E-state index contributed by atoms with van der Waals surface area (Å²) in [6.07, 6.45) is 10.4. The molecule has 8 nitrogen and oxygen atoms in total. The summed E-state index contributed by atoms with van der Waals surface area (Å²) in [7, 11) is 0. The van der Waals surface area contributed by atoms with E-state index in [1.165, 1.54) is 12.3 Å². The second-order valence-electron chi connectivity index (χ2n) is 7.75. The van der Waals surface area contributed by atoms with Crippen molar-refractivity contribution in [1.82, 2.24) is 29.5 Å². The Morgan fingerprint density at radius 3 is 2.77 bits per heavy atom. The number of halogens is 1. The highest BCUT2D eigenvalue weighted by Crippen LogP contribution is 2.24. The Kier molecular flexibility index (Phi) is 4.95. The van der Waals surface area contributed by atoms with Crippen molar-refractivity contribution in [2.45, 2.75) is 37.8 Å². The van der Waals surface area contributed by atoms with Gasteiger partial charge < -0.3 is 15.0 Å². The summed E-state index contributed by atoms with van der Waals surface area (Å²) in [6, 6.07) is 6.92. The van der Waals surface area contributed by atoms with Gasteiger partial charge in [0.2, 0.25) is 0 Å². The van der Waals surface area contributed by atoms with Gasteiger partial charge in [-0.1, -0.05) is 0 Å². The van der Waals surface area contributed by atoms with E-state index >= 15 is 0 Å². The predicted octanol–water partition coefficient (Wildman–Crippen LogP) is 2.75. The fourth-order valence-electron chi connectivity index (χ4n) is 4.00. The van der Waals surface area contributed by atoms with Crippen LogP contribution in [-0.4, -0.2) is 47.3 Å². The molecular formula is C22H21FN6O2. The number of aliphatic hydroxyl groups is 1. The lowest BCUT2D eigenvalue weighted by molar-refractivity contribution is 0.0869. The normalized spacial score (nSPS) is 18.9. The molecule has 0 radical (unpaired) electrons. The Morgan fingerprint density at radius 1 is 1.13 bits per heavy atom. The number of carbonyl (C=O) groups is 1. The van der Waals surface area contributed by atoms with Crippen molar-refractivity contribution in [3.05, 3.63) is 66.6 Å². The molecule has 1 saturated carbocycles. The number of carbonyl (C=O) groups excluding carboxylic acids is 1. The van der Waals surface area contributed by atoms with Crippen LogP contribution in [0, 0.1) is 5.82 Å². The topological polar surface area (TPSA) is 97.3 Å². The third-order valence-electron chi connectivity index (χ3n) is 5.63. The zero-order chi connectivity index (χ0) is 21.4. The molecule has 1 aliphatic carbocycles. The molecule has 4 aromatic rings. The predicted molar refractivity (Wildman–Crippen MR) is 111 cm³/mol. The number of pyridine rings is 1. The number of nitrogens with one attached hydrogen (secondary N) is 1. The van der Waals surface area contributed by atoms with E-state index in [0.29, 0.717) is 35.4 Å². The molecule has 0 unspecified atom stereocenters. The van der Waals surface area contributed by atoms with Crippen LogP contribution in [0.2, 0.25) is 0 Å². The van der Waals surface area contributed by atoms with E-state index in [4.69, 9.17) is 0 Å². The number of nitrogens with zero attached hydrogens (tertiary/aromatic N) is 5. The summed E-state index contributed by atoms with van der Waals surface area (Å²) < 4.78 is 17.0. The van der Waals surface area contributed by atoms with E-state index < -0.39 is 5.82 Å². The number of rotatable bonds is 4. The molecule has 0 saturated heterocycles. The Hall–Kier alpha value is -3.59. The second-order valence-corrected chi connectivity index (χ2v) is 7.75. The molecule has 0 bridgehead atoms. The van der Waals surface area contributed by atoms with Crippen molar-refractivity contribution < 1.29 is 14.3 Å². The molecule has 9 heteroatoms. The Bertz CT molecular complexity index is 1240. The molecule has 0 aliphatic heterocycles. The maximum absolute atomic E-state index is 13.7. The van der Waals surface area contributed by atoms with Gasteiger partial charge in [-0.15, -0.1) is 0 Å². The maximum atomic E-state index is 13.7. The minimum atomic E-state index is -0.418. The molecule has 0 spiro atoms. The third kappa shape index (κ3) is 3.79. The molecule has 2 N–H and O–H groups in total. The largest absolute Gasteiger partial charge is 0.393 e. The van der Waals surface area contributed by atoms with Crippen molar-refractivity contribution in [2.75, 3.05) is 0 Å². The molecule has 1 fully saturated rings. The monoisotopic (exact) mass is 420 g/mol. The smallest absolute Gasteiger partial charge is 0.256 e. The zero-order valence-electron chi connectivity index (χ0n) is 16.6. The molecule has 158 valence electrons. The van der Waals surface area contributed by atoms with Gasteiger partial charge >= 0.3 is 0 Å². The van der Waals surface area contributed by atoms with E-state index in [1.54, 1.807) is 23.0 Å². The fraction of sp³-hybridized carbons (Fsp3) is 0.273. The zero-order valence-corrected chi connectivity index (χ0v) is 16.6. The lowest BCUT2D eigenvalue weighted by Gasteiger charge is -2.25. The van der Waals surface area contributed by atoms with Gasteiger partial charge in [0.25, 0.3) is 5.91 Å². The van der Waals surface area contributed by atoms with Crippen LogP contribution in [0.3, 0.4) is 0 Å². The average molecular weight is 420 g/mol. The summed E-state index contributed by atoms with van der Waals surface area (Å²) in [5, 5.41) is 16.9. The van der Waals surface area contributed by atoms with Crippen molar-refractivity contribution in [3.8, 4) is 17.1 Å². The SMILES string of the molecule is O=C(N[C@H]1CC[C@@H](O)CC1)c1cnn2ccc(-n3cccc3-c3cncc(F)c3)nc12. The first-order valence-electron chi connectivity index (χ1n) is 10.2. The van der Waals surface area contributed by atoms with Crippen LogP contribution in [-0.2, 0) is 0 Å².